The van der Waals surface area contributed by atoms with E-state index in [-0.39, 0.29) is 12.7 Å². The first-order valence-corrected chi connectivity index (χ1v) is 5.36. The van der Waals surface area contributed by atoms with Gasteiger partial charge in [-0.15, -0.1) is 0 Å². The summed E-state index contributed by atoms with van der Waals surface area (Å²) >= 11 is 0. The number of ether oxygens (including phenoxy) is 1. The van der Waals surface area contributed by atoms with Crippen molar-refractivity contribution >= 4 is 0 Å². The molecule has 3 nitrogen and oxygen atoms in total. The van der Waals surface area contributed by atoms with Crippen LogP contribution in [0, 0.1) is 0 Å². The van der Waals surface area contributed by atoms with Gasteiger partial charge >= 0.3 is 0 Å². The minimum absolute atomic E-state index is 0.0201. The van der Waals surface area contributed by atoms with Gasteiger partial charge < -0.3 is 14.9 Å². The minimum atomic E-state index is -0.355. The fraction of sp³-hybridized carbons (Fsp3) is 0.500. The monoisotopic (exact) mass is 208 g/mol. The lowest BCUT2D eigenvalue weighted by Gasteiger charge is -2.23. The van der Waals surface area contributed by atoms with Gasteiger partial charge in [0, 0.05) is 0 Å². The highest BCUT2D eigenvalue weighted by molar-refractivity contribution is 5.42. The largest absolute Gasteiger partial charge is 0.491 e. The smallest absolute Gasteiger partial charge is 0.122 e. The van der Waals surface area contributed by atoms with Gasteiger partial charge in [0.1, 0.15) is 12.4 Å². The van der Waals surface area contributed by atoms with Crippen LogP contribution in [0.5, 0.6) is 5.75 Å². The van der Waals surface area contributed by atoms with Crippen molar-refractivity contribution in [1.29, 1.82) is 0 Å². The van der Waals surface area contributed by atoms with Crippen LogP contribution < -0.4 is 4.74 Å². The van der Waals surface area contributed by atoms with E-state index >= 15 is 0 Å². The third-order valence-corrected chi connectivity index (χ3v) is 2.78. The summed E-state index contributed by atoms with van der Waals surface area (Å²) in [6.07, 6.45) is 2.42. The molecule has 0 bridgehead atoms. The van der Waals surface area contributed by atoms with Gasteiger partial charge in [0.2, 0.25) is 0 Å². The van der Waals surface area contributed by atoms with Gasteiger partial charge in [-0.3, -0.25) is 0 Å². The van der Waals surface area contributed by atoms with Crippen LogP contribution in [0.3, 0.4) is 0 Å². The predicted molar refractivity (Wildman–Crippen MR) is 56.9 cm³/mol. The van der Waals surface area contributed by atoms with Crippen LogP contribution in [0.1, 0.15) is 30.1 Å². The van der Waals surface area contributed by atoms with E-state index < -0.39 is 0 Å². The van der Waals surface area contributed by atoms with E-state index in [0.717, 1.165) is 36.1 Å². The molecule has 0 amide bonds. The van der Waals surface area contributed by atoms with Gasteiger partial charge in [0.15, 0.2) is 0 Å². The van der Waals surface area contributed by atoms with Crippen molar-refractivity contribution in [3.63, 3.8) is 0 Å². The molecule has 2 rings (SSSR count). The van der Waals surface area contributed by atoms with Crippen LogP contribution in [0.2, 0.25) is 0 Å². The highest BCUT2D eigenvalue weighted by Crippen LogP contribution is 2.34. The van der Waals surface area contributed by atoms with E-state index in [2.05, 4.69) is 0 Å². The summed E-state index contributed by atoms with van der Waals surface area (Å²) in [7, 11) is 0. The molecule has 1 aliphatic carbocycles. The van der Waals surface area contributed by atoms with Gasteiger partial charge in [-0.2, -0.15) is 0 Å². The second kappa shape index (κ2) is 4.64. The van der Waals surface area contributed by atoms with Gasteiger partial charge in [-0.1, -0.05) is 12.1 Å². The van der Waals surface area contributed by atoms with Crippen molar-refractivity contribution in [2.24, 2.45) is 0 Å². The van der Waals surface area contributed by atoms with Crippen molar-refractivity contribution in [3.05, 3.63) is 29.3 Å². The number of hydrogen-bond donors (Lipinski definition) is 2. The maximum Gasteiger partial charge on any atom is 0.122 e. The van der Waals surface area contributed by atoms with Gasteiger partial charge in [-0.25, -0.2) is 0 Å². The molecule has 0 saturated carbocycles. The Balaban J connectivity index is 2.27. The maximum atomic E-state index is 9.81. The third-order valence-electron chi connectivity index (χ3n) is 2.78. The molecule has 1 atom stereocenters. The fourth-order valence-corrected chi connectivity index (χ4v) is 2.08. The minimum Gasteiger partial charge on any atom is -0.491 e. The molecule has 1 unspecified atom stereocenters. The molecular weight excluding hydrogens is 192 g/mol. The zero-order chi connectivity index (χ0) is 10.7. The second-order valence-corrected chi connectivity index (χ2v) is 3.80. The highest BCUT2D eigenvalue weighted by Gasteiger charge is 2.20. The lowest BCUT2D eigenvalue weighted by molar-refractivity contribution is 0.154. The fourth-order valence-electron chi connectivity index (χ4n) is 2.08. The number of aliphatic hydroxyl groups excluding tert-OH is 2. The predicted octanol–water partition coefficient (Wildman–Crippen LogP) is 1.43. The molecule has 3 heteroatoms. The maximum absolute atomic E-state index is 9.81. The van der Waals surface area contributed by atoms with Gasteiger partial charge in [-0.05, 0) is 36.5 Å². The molecule has 0 aromatic heterocycles. The Labute approximate surface area is 89.3 Å². The standard InChI is InChI=1S/C12H16O3/c13-7-8-15-12-6-2-3-9-10(12)4-1-5-11(9)14/h2-3,6,11,13-14H,1,4-5,7-8H2. The lowest BCUT2D eigenvalue weighted by Crippen LogP contribution is -2.12. The van der Waals surface area contributed by atoms with Crippen LogP contribution in [-0.2, 0) is 6.42 Å². The molecule has 0 heterocycles. The summed E-state index contributed by atoms with van der Waals surface area (Å²) in [6.45, 7) is 0.332. The van der Waals surface area contributed by atoms with E-state index in [0.29, 0.717) is 6.61 Å². The first-order valence-electron chi connectivity index (χ1n) is 5.36. The van der Waals surface area contributed by atoms with E-state index in [9.17, 15) is 5.11 Å². The molecule has 0 radical (unpaired) electrons. The van der Waals surface area contributed by atoms with Crippen molar-refractivity contribution < 1.29 is 14.9 Å². The van der Waals surface area contributed by atoms with Gasteiger partial charge in [0.25, 0.3) is 0 Å². The van der Waals surface area contributed by atoms with E-state index in [1.54, 1.807) is 0 Å². The number of fused-ring (bicyclic) bond motifs is 1. The van der Waals surface area contributed by atoms with Crippen molar-refractivity contribution in [2.45, 2.75) is 25.4 Å². The molecular formula is C12H16O3. The Bertz CT molecular complexity index is 336. The van der Waals surface area contributed by atoms with Crippen LogP contribution in [0.15, 0.2) is 18.2 Å². The average molecular weight is 208 g/mol. The van der Waals surface area contributed by atoms with Gasteiger partial charge in [0.05, 0.1) is 12.7 Å². The van der Waals surface area contributed by atoms with Crippen LogP contribution >= 0.6 is 0 Å². The Kier molecular flexibility index (Phi) is 3.23. The van der Waals surface area contributed by atoms with Crippen LogP contribution in [-0.4, -0.2) is 23.4 Å². The first kappa shape index (κ1) is 10.5. The topological polar surface area (TPSA) is 49.7 Å². The molecule has 1 aliphatic rings. The average Bonchev–Trinajstić information content (AvgIpc) is 2.27. The Hall–Kier alpha value is -1.06. The Morgan fingerprint density at radius 3 is 3.07 bits per heavy atom. The summed E-state index contributed by atoms with van der Waals surface area (Å²) < 4.78 is 5.44. The molecule has 2 N–H and O–H groups in total. The van der Waals surface area contributed by atoms with Crippen LogP contribution in [0.25, 0.3) is 0 Å². The number of rotatable bonds is 3. The quantitative estimate of drug-likeness (QED) is 0.790. The van der Waals surface area contributed by atoms with Crippen LogP contribution in [0.4, 0.5) is 0 Å². The number of hydrogen-bond acceptors (Lipinski definition) is 3. The van der Waals surface area contributed by atoms with Crippen molar-refractivity contribution in [1.82, 2.24) is 0 Å². The van der Waals surface area contributed by atoms with Crippen molar-refractivity contribution in [3.8, 4) is 5.75 Å². The second-order valence-electron chi connectivity index (χ2n) is 3.80. The zero-order valence-electron chi connectivity index (χ0n) is 8.65. The summed E-state index contributed by atoms with van der Waals surface area (Å²) in [4.78, 5) is 0. The first-order chi connectivity index (χ1) is 7.33. The van der Waals surface area contributed by atoms with E-state index in [1.807, 2.05) is 18.2 Å². The molecule has 82 valence electrons. The summed E-state index contributed by atoms with van der Waals surface area (Å²) in [6, 6.07) is 5.73. The highest BCUT2D eigenvalue weighted by atomic mass is 16.5. The number of benzene rings is 1. The molecule has 0 fully saturated rings. The summed E-state index contributed by atoms with van der Waals surface area (Å²) in [5.41, 5.74) is 2.08. The Morgan fingerprint density at radius 1 is 1.40 bits per heavy atom. The third kappa shape index (κ3) is 2.13. The van der Waals surface area contributed by atoms with E-state index in [1.165, 1.54) is 0 Å². The summed E-state index contributed by atoms with van der Waals surface area (Å²) in [5, 5.41) is 18.5. The summed E-state index contributed by atoms with van der Waals surface area (Å²) in [5.74, 6) is 0.806. The van der Waals surface area contributed by atoms with Crippen molar-refractivity contribution in [2.75, 3.05) is 13.2 Å². The molecule has 0 spiro atoms. The number of aliphatic hydroxyl groups is 2. The normalized spacial score (nSPS) is 19.7. The SMILES string of the molecule is OCCOc1cccc2c1CCCC2O. The molecule has 1 aromatic rings. The Morgan fingerprint density at radius 2 is 2.27 bits per heavy atom. The molecule has 15 heavy (non-hydrogen) atoms. The molecule has 0 aliphatic heterocycles. The molecule has 0 saturated heterocycles. The van der Waals surface area contributed by atoms with E-state index in [4.69, 9.17) is 9.84 Å². The lowest BCUT2D eigenvalue weighted by atomic mass is 9.89. The zero-order valence-corrected chi connectivity index (χ0v) is 8.65. The molecule has 1 aromatic carbocycles.